The Kier molecular flexibility index (Phi) is 4.18. The Labute approximate surface area is 161 Å². The fraction of sp³-hybridized carbons (Fsp3) is 0.458. The molecule has 4 aliphatic rings. The number of carbonyl (C=O) groups excluding carboxylic acids is 1. The summed E-state index contributed by atoms with van der Waals surface area (Å²) in [4.78, 5) is 12.9. The molecule has 4 fully saturated rings. The van der Waals surface area contributed by atoms with Gasteiger partial charge in [0.05, 0.1) is 0 Å². The number of hydrogen-bond donors (Lipinski definition) is 1. The van der Waals surface area contributed by atoms with E-state index < -0.39 is 0 Å². The minimum Gasteiger partial charge on any atom is -0.489 e. The van der Waals surface area contributed by atoms with Crippen molar-refractivity contribution in [3.63, 3.8) is 0 Å². The van der Waals surface area contributed by atoms with Crippen molar-refractivity contribution in [1.82, 2.24) is 5.32 Å². The normalized spacial score (nSPS) is 30.9. The Bertz CT molecular complexity index is 777. The second kappa shape index (κ2) is 6.70. The first-order chi connectivity index (χ1) is 13.2. The summed E-state index contributed by atoms with van der Waals surface area (Å²) in [5.74, 6) is 3.48. The van der Waals surface area contributed by atoms with Gasteiger partial charge >= 0.3 is 0 Å². The molecule has 6 rings (SSSR count). The van der Waals surface area contributed by atoms with Gasteiger partial charge in [0.2, 0.25) is 0 Å². The second-order valence-electron chi connectivity index (χ2n) is 8.95. The fourth-order valence-electron chi connectivity index (χ4n) is 6.01. The van der Waals surface area contributed by atoms with Crippen molar-refractivity contribution in [2.24, 2.45) is 17.8 Å². The molecule has 0 aromatic heterocycles. The Morgan fingerprint density at radius 2 is 1.48 bits per heavy atom. The van der Waals surface area contributed by atoms with E-state index in [9.17, 15) is 4.79 Å². The van der Waals surface area contributed by atoms with Crippen LogP contribution in [0.3, 0.4) is 0 Å². The van der Waals surface area contributed by atoms with E-state index in [1.54, 1.807) is 0 Å². The molecular formula is C24H27NO2. The predicted octanol–water partition coefficient (Wildman–Crippen LogP) is 4.96. The number of nitrogens with one attached hydrogen (secondary N) is 1. The Hall–Kier alpha value is -2.29. The molecule has 27 heavy (non-hydrogen) atoms. The van der Waals surface area contributed by atoms with Gasteiger partial charge in [0.1, 0.15) is 12.4 Å². The molecule has 1 N–H and O–H groups in total. The number of hydrogen-bond acceptors (Lipinski definition) is 2. The van der Waals surface area contributed by atoms with Crippen LogP contribution in [0.5, 0.6) is 5.75 Å². The summed E-state index contributed by atoms with van der Waals surface area (Å²) >= 11 is 0. The molecule has 4 aliphatic carbocycles. The maximum Gasteiger partial charge on any atom is 0.251 e. The largest absolute Gasteiger partial charge is 0.489 e. The van der Waals surface area contributed by atoms with E-state index in [1.807, 2.05) is 54.6 Å². The number of carbonyl (C=O) groups is 1. The van der Waals surface area contributed by atoms with Crippen molar-refractivity contribution in [2.45, 2.75) is 50.7 Å². The first kappa shape index (κ1) is 16.9. The predicted molar refractivity (Wildman–Crippen MR) is 106 cm³/mol. The molecule has 2 aromatic carbocycles. The van der Waals surface area contributed by atoms with Crippen LogP contribution in [-0.2, 0) is 6.61 Å². The van der Waals surface area contributed by atoms with Gasteiger partial charge in [-0.15, -0.1) is 0 Å². The zero-order valence-electron chi connectivity index (χ0n) is 15.7. The lowest BCUT2D eigenvalue weighted by atomic mass is 9.53. The zero-order valence-corrected chi connectivity index (χ0v) is 15.7. The first-order valence-corrected chi connectivity index (χ1v) is 10.3. The summed E-state index contributed by atoms with van der Waals surface area (Å²) in [5.41, 5.74) is 1.90. The van der Waals surface area contributed by atoms with Crippen LogP contribution in [0.4, 0.5) is 0 Å². The molecule has 0 unspecified atom stereocenters. The van der Waals surface area contributed by atoms with Crippen LogP contribution in [0.1, 0.15) is 54.4 Å². The van der Waals surface area contributed by atoms with Crippen molar-refractivity contribution >= 4 is 5.91 Å². The van der Waals surface area contributed by atoms with Crippen LogP contribution in [0.25, 0.3) is 0 Å². The molecule has 2 aromatic rings. The number of amides is 1. The smallest absolute Gasteiger partial charge is 0.251 e. The van der Waals surface area contributed by atoms with Crippen LogP contribution in [-0.4, -0.2) is 11.4 Å². The van der Waals surface area contributed by atoms with Gasteiger partial charge in [-0.3, -0.25) is 4.79 Å². The van der Waals surface area contributed by atoms with E-state index in [-0.39, 0.29) is 11.4 Å². The molecular weight excluding hydrogens is 334 g/mol. The van der Waals surface area contributed by atoms with E-state index in [0.717, 1.165) is 34.6 Å². The van der Waals surface area contributed by atoms with Crippen LogP contribution in [0.2, 0.25) is 0 Å². The minimum absolute atomic E-state index is 0.0704. The molecule has 0 saturated heterocycles. The highest BCUT2D eigenvalue weighted by molar-refractivity contribution is 5.94. The van der Waals surface area contributed by atoms with Crippen molar-refractivity contribution in [1.29, 1.82) is 0 Å². The molecule has 0 aliphatic heterocycles. The van der Waals surface area contributed by atoms with E-state index in [0.29, 0.717) is 6.61 Å². The fourth-order valence-corrected chi connectivity index (χ4v) is 6.01. The minimum atomic E-state index is 0.0704. The lowest BCUT2D eigenvalue weighted by Crippen LogP contribution is -2.59. The number of para-hydroxylation sites is 1. The van der Waals surface area contributed by atoms with E-state index in [4.69, 9.17) is 4.74 Å². The number of rotatable bonds is 5. The first-order valence-electron chi connectivity index (χ1n) is 10.3. The van der Waals surface area contributed by atoms with Gasteiger partial charge in [0.25, 0.3) is 5.91 Å². The quantitative estimate of drug-likeness (QED) is 0.817. The maximum atomic E-state index is 12.9. The van der Waals surface area contributed by atoms with Gasteiger partial charge in [-0.25, -0.2) is 0 Å². The zero-order chi connectivity index (χ0) is 18.3. The summed E-state index contributed by atoms with van der Waals surface area (Å²) in [5, 5.41) is 3.45. The van der Waals surface area contributed by atoms with Gasteiger partial charge in [-0.1, -0.05) is 30.3 Å². The van der Waals surface area contributed by atoms with Crippen molar-refractivity contribution in [3.05, 3.63) is 65.7 Å². The van der Waals surface area contributed by atoms with E-state index in [1.165, 1.54) is 38.5 Å². The highest BCUT2D eigenvalue weighted by atomic mass is 16.5. The van der Waals surface area contributed by atoms with Crippen LogP contribution < -0.4 is 10.1 Å². The van der Waals surface area contributed by atoms with Crippen LogP contribution in [0.15, 0.2) is 54.6 Å². The molecule has 0 heterocycles. The average molecular weight is 361 g/mol. The van der Waals surface area contributed by atoms with Gasteiger partial charge in [-0.05, 0) is 86.1 Å². The Morgan fingerprint density at radius 3 is 2.07 bits per heavy atom. The molecule has 4 saturated carbocycles. The monoisotopic (exact) mass is 361 g/mol. The van der Waals surface area contributed by atoms with Gasteiger partial charge in [0.15, 0.2) is 0 Å². The van der Waals surface area contributed by atoms with Gasteiger partial charge in [0, 0.05) is 11.1 Å². The molecule has 0 atom stereocenters. The van der Waals surface area contributed by atoms with Crippen LogP contribution in [0, 0.1) is 17.8 Å². The summed E-state index contributed by atoms with van der Waals surface area (Å²) in [7, 11) is 0. The molecule has 4 bridgehead atoms. The number of ether oxygens (including phenoxy) is 1. The Balaban J connectivity index is 1.22. The van der Waals surface area contributed by atoms with E-state index in [2.05, 4.69) is 5.32 Å². The molecule has 0 radical (unpaired) electrons. The van der Waals surface area contributed by atoms with Gasteiger partial charge < -0.3 is 10.1 Å². The third-order valence-electron chi connectivity index (χ3n) is 6.78. The summed E-state index contributed by atoms with van der Waals surface area (Å²) in [6, 6.07) is 17.7. The molecule has 0 spiro atoms. The molecule has 140 valence electrons. The Morgan fingerprint density at radius 1 is 0.889 bits per heavy atom. The van der Waals surface area contributed by atoms with Crippen molar-refractivity contribution in [2.75, 3.05) is 0 Å². The summed E-state index contributed by atoms with van der Waals surface area (Å²) in [6.07, 6.45) is 7.75. The highest BCUT2D eigenvalue weighted by Gasteiger charge is 2.51. The third-order valence-corrected chi connectivity index (χ3v) is 6.78. The summed E-state index contributed by atoms with van der Waals surface area (Å²) in [6.45, 7) is 0.515. The topological polar surface area (TPSA) is 38.3 Å². The van der Waals surface area contributed by atoms with E-state index >= 15 is 0 Å². The summed E-state index contributed by atoms with van der Waals surface area (Å²) < 4.78 is 5.78. The molecule has 3 nitrogen and oxygen atoms in total. The standard InChI is InChI=1S/C24H27NO2/c26-23(25-24-13-18-10-19(14-24)12-20(11-18)15-24)21-8-6-17(7-9-21)16-27-22-4-2-1-3-5-22/h1-9,18-20H,10-16H2,(H,25,26). The van der Waals surface area contributed by atoms with Crippen molar-refractivity contribution < 1.29 is 9.53 Å². The lowest BCUT2D eigenvalue weighted by molar-refractivity contribution is -0.0167. The highest BCUT2D eigenvalue weighted by Crippen LogP contribution is 2.55. The second-order valence-corrected chi connectivity index (χ2v) is 8.95. The molecule has 3 heteroatoms. The SMILES string of the molecule is O=C(NC12CC3CC(CC(C3)C1)C2)c1ccc(COc2ccccc2)cc1. The van der Waals surface area contributed by atoms with Gasteiger partial charge in [-0.2, -0.15) is 0 Å². The van der Waals surface area contributed by atoms with Crippen LogP contribution >= 0.6 is 0 Å². The third kappa shape index (κ3) is 3.47. The van der Waals surface area contributed by atoms with Crippen molar-refractivity contribution in [3.8, 4) is 5.75 Å². The number of benzene rings is 2. The maximum absolute atomic E-state index is 12.9. The lowest BCUT2D eigenvalue weighted by Gasteiger charge is -2.56. The average Bonchev–Trinajstić information content (AvgIpc) is 2.66. The molecule has 1 amide bonds.